The maximum absolute atomic E-state index is 12.3. The first-order chi connectivity index (χ1) is 12.7. The number of hydrogen-bond acceptors (Lipinski definition) is 6. The number of aromatic nitrogens is 2. The first kappa shape index (κ1) is 17.5. The van der Waals surface area contributed by atoms with Gasteiger partial charge in [-0.15, -0.1) is 10.2 Å². The number of methoxy groups -OCH3 is 2. The van der Waals surface area contributed by atoms with Crippen molar-refractivity contribution in [3.05, 3.63) is 60.0 Å². The lowest BCUT2D eigenvalue weighted by molar-refractivity contribution is 0.0953. The largest absolute Gasteiger partial charge is 0.493 e. The minimum absolute atomic E-state index is 0.214. The van der Waals surface area contributed by atoms with Gasteiger partial charge in [-0.1, -0.05) is 18.2 Å². The third kappa shape index (κ3) is 4.00. The number of carbonyl (C=O) groups is 1. The van der Waals surface area contributed by atoms with Crippen LogP contribution < -0.4 is 14.8 Å². The van der Waals surface area contributed by atoms with Gasteiger partial charge in [0, 0.05) is 24.1 Å². The van der Waals surface area contributed by atoms with Crippen LogP contribution in [0.15, 0.2) is 52.9 Å². The quantitative estimate of drug-likeness (QED) is 0.703. The third-order valence-electron chi connectivity index (χ3n) is 3.76. The first-order valence-corrected chi connectivity index (χ1v) is 8.09. The monoisotopic (exact) mass is 353 g/mol. The molecule has 0 radical (unpaired) electrons. The van der Waals surface area contributed by atoms with Gasteiger partial charge in [-0.05, 0) is 30.3 Å². The molecule has 26 heavy (non-hydrogen) atoms. The Hall–Kier alpha value is -3.35. The Bertz CT molecular complexity index is 878. The number of amides is 1. The van der Waals surface area contributed by atoms with Crippen molar-refractivity contribution in [1.29, 1.82) is 0 Å². The third-order valence-corrected chi connectivity index (χ3v) is 3.76. The van der Waals surface area contributed by atoms with Crippen molar-refractivity contribution >= 4 is 5.91 Å². The molecule has 0 aliphatic carbocycles. The summed E-state index contributed by atoms with van der Waals surface area (Å²) in [5.74, 6) is 1.80. The summed E-state index contributed by atoms with van der Waals surface area (Å²) in [7, 11) is 3.07. The van der Waals surface area contributed by atoms with Crippen LogP contribution in [0.1, 0.15) is 16.2 Å². The topological polar surface area (TPSA) is 86.5 Å². The molecule has 0 saturated heterocycles. The highest BCUT2D eigenvalue weighted by molar-refractivity contribution is 5.94. The molecule has 7 nitrogen and oxygen atoms in total. The standard InChI is InChI=1S/C19H19N3O4/c1-24-15-9-8-14(12-16(15)25-2)18(23)20-11-10-17-21-22-19(26-17)13-6-4-3-5-7-13/h3-9,12H,10-11H2,1-2H3,(H,20,23). The summed E-state index contributed by atoms with van der Waals surface area (Å²) in [5, 5.41) is 10.9. The Morgan fingerprint density at radius 1 is 1.04 bits per heavy atom. The number of rotatable bonds is 7. The average molecular weight is 353 g/mol. The normalized spacial score (nSPS) is 10.4. The lowest BCUT2D eigenvalue weighted by Gasteiger charge is -2.09. The van der Waals surface area contributed by atoms with Crippen LogP contribution in [0, 0.1) is 0 Å². The SMILES string of the molecule is COc1ccc(C(=O)NCCc2nnc(-c3ccccc3)o2)cc1OC. The van der Waals surface area contributed by atoms with Gasteiger partial charge in [-0.2, -0.15) is 0 Å². The number of benzene rings is 2. The van der Waals surface area contributed by atoms with Gasteiger partial charge in [0.25, 0.3) is 5.91 Å². The Morgan fingerprint density at radius 2 is 1.81 bits per heavy atom. The highest BCUT2D eigenvalue weighted by Gasteiger charge is 2.12. The van der Waals surface area contributed by atoms with E-state index in [1.54, 1.807) is 25.3 Å². The molecule has 1 heterocycles. The Morgan fingerprint density at radius 3 is 2.54 bits per heavy atom. The Balaban J connectivity index is 1.57. The van der Waals surface area contributed by atoms with Crippen molar-refractivity contribution in [1.82, 2.24) is 15.5 Å². The van der Waals surface area contributed by atoms with E-state index in [9.17, 15) is 4.79 Å². The molecule has 1 amide bonds. The van der Waals surface area contributed by atoms with Crippen LogP contribution in [0.3, 0.4) is 0 Å². The van der Waals surface area contributed by atoms with E-state index in [4.69, 9.17) is 13.9 Å². The lowest BCUT2D eigenvalue weighted by atomic mass is 10.2. The van der Waals surface area contributed by atoms with E-state index >= 15 is 0 Å². The van der Waals surface area contributed by atoms with Crippen LogP contribution in [-0.2, 0) is 6.42 Å². The van der Waals surface area contributed by atoms with Crippen molar-refractivity contribution in [3.63, 3.8) is 0 Å². The van der Waals surface area contributed by atoms with Crippen molar-refractivity contribution in [2.75, 3.05) is 20.8 Å². The molecule has 0 atom stereocenters. The molecule has 3 rings (SSSR count). The van der Waals surface area contributed by atoms with Gasteiger partial charge in [0.15, 0.2) is 11.5 Å². The molecule has 2 aromatic carbocycles. The van der Waals surface area contributed by atoms with Gasteiger partial charge in [-0.3, -0.25) is 4.79 Å². The van der Waals surface area contributed by atoms with Gasteiger partial charge < -0.3 is 19.2 Å². The molecule has 134 valence electrons. The first-order valence-electron chi connectivity index (χ1n) is 8.09. The van der Waals surface area contributed by atoms with Crippen LogP contribution in [-0.4, -0.2) is 36.9 Å². The molecule has 7 heteroatoms. The number of nitrogens with zero attached hydrogens (tertiary/aromatic N) is 2. The summed E-state index contributed by atoms with van der Waals surface area (Å²) in [6.45, 7) is 0.379. The smallest absolute Gasteiger partial charge is 0.251 e. The van der Waals surface area contributed by atoms with Gasteiger partial charge in [0.1, 0.15) is 0 Å². The molecule has 0 saturated carbocycles. The van der Waals surface area contributed by atoms with E-state index in [1.165, 1.54) is 7.11 Å². The lowest BCUT2D eigenvalue weighted by Crippen LogP contribution is -2.25. The summed E-state index contributed by atoms with van der Waals surface area (Å²) in [6, 6.07) is 14.5. The fourth-order valence-electron chi connectivity index (χ4n) is 2.41. The molecule has 0 bridgehead atoms. The van der Waals surface area contributed by atoms with Crippen molar-refractivity contribution < 1.29 is 18.7 Å². The number of ether oxygens (including phenoxy) is 2. The zero-order chi connectivity index (χ0) is 18.4. The van der Waals surface area contributed by atoms with E-state index in [0.717, 1.165) is 5.56 Å². The predicted molar refractivity (Wildman–Crippen MR) is 95.3 cm³/mol. The van der Waals surface area contributed by atoms with Gasteiger partial charge >= 0.3 is 0 Å². The Kier molecular flexibility index (Phi) is 5.48. The van der Waals surface area contributed by atoms with Crippen LogP contribution in [0.2, 0.25) is 0 Å². The highest BCUT2D eigenvalue weighted by Crippen LogP contribution is 2.27. The molecule has 0 aliphatic heterocycles. The fourth-order valence-corrected chi connectivity index (χ4v) is 2.41. The van der Waals surface area contributed by atoms with Crippen LogP contribution in [0.25, 0.3) is 11.5 Å². The summed E-state index contributed by atoms with van der Waals surface area (Å²) in [6.07, 6.45) is 0.443. The second-order valence-corrected chi connectivity index (χ2v) is 5.44. The second kappa shape index (κ2) is 8.15. The van der Waals surface area contributed by atoms with Crippen LogP contribution >= 0.6 is 0 Å². The minimum atomic E-state index is -0.214. The highest BCUT2D eigenvalue weighted by atomic mass is 16.5. The zero-order valence-corrected chi connectivity index (χ0v) is 14.6. The number of nitrogens with one attached hydrogen (secondary N) is 1. The number of carbonyl (C=O) groups excluding carboxylic acids is 1. The van der Waals surface area contributed by atoms with Crippen molar-refractivity contribution in [2.45, 2.75) is 6.42 Å². The van der Waals surface area contributed by atoms with Crippen LogP contribution in [0.4, 0.5) is 0 Å². The molecular formula is C19H19N3O4. The van der Waals surface area contributed by atoms with Crippen molar-refractivity contribution in [3.8, 4) is 23.0 Å². The maximum atomic E-state index is 12.3. The van der Waals surface area contributed by atoms with Gasteiger partial charge in [0.05, 0.1) is 14.2 Å². The molecular weight excluding hydrogens is 334 g/mol. The van der Waals surface area contributed by atoms with E-state index in [1.807, 2.05) is 30.3 Å². The summed E-state index contributed by atoms with van der Waals surface area (Å²) in [4.78, 5) is 12.3. The summed E-state index contributed by atoms with van der Waals surface area (Å²) < 4.78 is 16.0. The molecule has 3 aromatic rings. The van der Waals surface area contributed by atoms with Gasteiger partial charge in [0.2, 0.25) is 11.8 Å². The summed E-state index contributed by atoms with van der Waals surface area (Å²) >= 11 is 0. The molecule has 0 spiro atoms. The summed E-state index contributed by atoms with van der Waals surface area (Å²) in [5.41, 5.74) is 1.35. The van der Waals surface area contributed by atoms with E-state index in [-0.39, 0.29) is 5.91 Å². The fraction of sp³-hybridized carbons (Fsp3) is 0.211. The maximum Gasteiger partial charge on any atom is 0.251 e. The average Bonchev–Trinajstić information content (AvgIpc) is 3.17. The molecule has 1 N–H and O–H groups in total. The molecule has 0 aliphatic rings. The molecule has 1 aromatic heterocycles. The Labute approximate surface area is 151 Å². The van der Waals surface area contributed by atoms with Gasteiger partial charge in [-0.25, -0.2) is 0 Å². The van der Waals surface area contributed by atoms with E-state index < -0.39 is 0 Å². The molecule has 0 fully saturated rings. The predicted octanol–water partition coefficient (Wildman–Crippen LogP) is 2.73. The van der Waals surface area contributed by atoms with Crippen molar-refractivity contribution in [2.24, 2.45) is 0 Å². The van der Waals surface area contributed by atoms with Crippen LogP contribution in [0.5, 0.6) is 11.5 Å². The number of hydrogen-bond donors (Lipinski definition) is 1. The molecule has 0 unspecified atom stereocenters. The van der Waals surface area contributed by atoms with E-state index in [0.29, 0.717) is 41.8 Å². The zero-order valence-electron chi connectivity index (χ0n) is 14.6. The minimum Gasteiger partial charge on any atom is -0.493 e. The second-order valence-electron chi connectivity index (χ2n) is 5.44. The van der Waals surface area contributed by atoms with E-state index in [2.05, 4.69) is 15.5 Å².